The summed E-state index contributed by atoms with van der Waals surface area (Å²) in [5, 5.41) is 11.5. The second-order valence-electron chi connectivity index (χ2n) is 7.08. The molecule has 124 valence electrons. The van der Waals surface area contributed by atoms with E-state index in [1.165, 1.54) is 64.6 Å². The Hall–Kier alpha value is -1.69. The van der Waals surface area contributed by atoms with Crippen molar-refractivity contribution < 1.29 is 0 Å². The summed E-state index contributed by atoms with van der Waals surface area (Å²) in [6.45, 7) is 3.72. The molecule has 2 aliphatic rings. The van der Waals surface area contributed by atoms with Gasteiger partial charge in [-0.3, -0.25) is 5.10 Å². The normalized spacial score (nSPS) is 21.7. The molecule has 6 nitrogen and oxygen atoms in total. The summed E-state index contributed by atoms with van der Waals surface area (Å²) in [7, 11) is 0. The van der Waals surface area contributed by atoms with Crippen LogP contribution in [0.2, 0.25) is 0 Å². The van der Waals surface area contributed by atoms with Crippen LogP contribution in [-0.2, 0) is 0 Å². The van der Waals surface area contributed by atoms with Crippen LogP contribution in [0, 0.1) is 5.92 Å². The number of aromatic nitrogens is 4. The maximum Gasteiger partial charge on any atom is 0.160 e. The molecular formula is C17H26N6. The van der Waals surface area contributed by atoms with Crippen LogP contribution in [0.5, 0.6) is 0 Å². The molecule has 2 aromatic heterocycles. The van der Waals surface area contributed by atoms with Crippen LogP contribution in [0.4, 0.5) is 5.82 Å². The molecule has 2 fully saturated rings. The monoisotopic (exact) mass is 314 g/mol. The van der Waals surface area contributed by atoms with E-state index in [9.17, 15) is 0 Å². The molecule has 1 saturated heterocycles. The van der Waals surface area contributed by atoms with Crippen LogP contribution in [0.25, 0.3) is 11.0 Å². The fourth-order valence-corrected chi connectivity index (χ4v) is 4.07. The summed E-state index contributed by atoms with van der Waals surface area (Å²) in [4.78, 5) is 11.3. The van der Waals surface area contributed by atoms with Gasteiger partial charge >= 0.3 is 0 Å². The number of nitrogens with one attached hydrogen (secondary N) is 2. The van der Waals surface area contributed by atoms with Gasteiger partial charge in [0.25, 0.3) is 0 Å². The Morgan fingerprint density at radius 2 is 1.91 bits per heavy atom. The highest BCUT2D eigenvalue weighted by molar-refractivity contribution is 5.85. The third kappa shape index (κ3) is 3.47. The maximum absolute atomic E-state index is 4.39. The molecule has 0 bridgehead atoms. The smallest absolute Gasteiger partial charge is 0.160 e. The van der Waals surface area contributed by atoms with Crippen LogP contribution < -0.4 is 5.32 Å². The Kier molecular flexibility index (Phi) is 4.41. The summed E-state index contributed by atoms with van der Waals surface area (Å²) in [6, 6.07) is 0.505. The van der Waals surface area contributed by atoms with Crippen LogP contribution in [0.15, 0.2) is 12.5 Å². The van der Waals surface area contributed by atoms with Gasteiger partial charge in [0.2, 0.25) is 0 Å². The summed E-state index contributed by atoms with van der Waals surface area (Å²) < 4.78 is 0. The number of hydrogen-bond donors (Lipinski definition) is 2. The van der Waals surface area contributed by atoms with Crippen molar-refractivity contribution >= 4 is 16.9 Å². The third-order valence-electron chi connectivity index (χ3n) is 5.42. The van der Waals surface area contributed by atoms with Gasteiger partial charge < -0.3 is 10.2 Å². The van der Waals surface area contributed by atoms with Crippen molar-refractivity contribution in [3.8, 4) is 0 Å². The fourth-order valence-electron chi connectivity index (χ4n) is 4.07. The van der Waals surface area contributed by atoms with Crippen molar-refractivity contribution in [3.05, 3.63) is 12.5 Å². The van der Waals surface area contributed by atoms with Gasteiger partial charge in [0, 0.05) is 25.7 Å². The number of H-pyrrole nitrogens is 1. The van der Waals surface area contributed by atoms with Gasteiger partial charge in [-0.1, -0.05) is 19.3 Å². The van der Waals surface area contributed by atoms with Crippen molar-refractivity contribution in [3.63, 3.8) is 0 Å². The van der Waals surface area contributed by atoms with Gasteiger partial charge in [-0.15, -0.1) is 0 Å². The number of hydrogen-bond acceptors (Lipinski definition) is 5. The molecule has 23 heavy (non-hydrogen) atoms. The van der Waals surface area contributed by atoms with Crippen molar-refractivity contribution in [2.75, 3.05) is 25.0 Å². The molecule has 2 aromatic rings. The number of rotatable bonds is 4. The first-order chi connectivity index (χ1) is 11.4. The Morgan fingerprint density at radius 1 is 1.09 bits per heavy atom. The van der Waals surface area contributed by atoms with E-state index >= 15 is 0 Å². The number of aromatic amines is 1. The lowest BCUT2D eigenvalue weighted by Crippen LogP contribution is -2.41. The fraction of sp³-hybridized carbons (Fsp3) is 0.706. The molecule has 0 unspecified atom stereocenters. The number of piperidine rings is 1. The SMILES string of the molecule is c1nc(NC2CCN(CC3CCCCC3)CC2)c2cn[nH]c2n1. The van der Waals surface area contributed by atoms with E-state index in [0.717, 1.165) is 22.8 Å². The molecule has 0 atom stereocenters. The summed E-state index contributed by atoms with van der Waals surface area (Å²) >= 11 is 0. The zero-order valence-electron chi connectivity index (χ0n) is 13.7. The van der Waals surface area contributed by atoms with Crippen LogP contribution in [-0.4, -0.2) is 50.7 Å². The molecule has 1 aliphatic carbocycles. The number of fused-ring (bicyclic) bond motifs is 1. The van der Waals surface area contributed by atoms with Crippen LogP contribution in [0.1, 0.15) is 44.9 Å². The summed E-state index contributed by atoms with van der Waals surface area (Å²) in [5.74, 6) is 1.86. The minimum atomic E-state index is 0.505. The van der Waals surface area contributed by atoms with E-state index in [1.54, 1.807) is 12.5 Å². The Morgan fingerprint density at radius 3 is 2.74 bits per heavy atom. The van der Waals surface area contributed by atoms with E-state index in [1.807, 2.05) is 0 Å². The molecule has 3 heterocycles. The average Bonchev–Trinajstić information content (AvgIpc) is 3.07. The topological polar surface area (TPSA) is 69.7 Å². The van der Waals surface area contributed by atoms with E-state index in [0.29, 0.717) is 6.04 Å². The molecule has 1 aliphatic heterocycles. The summed E-state index contributed by atoms with van der Waals surface area (Å²) in [6.07, 6.45) is 13.0. The van der Waals surface area contributed by atoms with E-state index in [2.05, 4.69) is 30.4 Å². The molecule has 6 heteroatoms. The highest BCUT2D eigenvalue weighted by atomic mass is 15.2. The molecule has 0 amide bonds. The zero-order valence-corrected chi connectivity index (χ0v) is 13.7. The van der Waals surface area contributed by atoms with Gasteiger partial charge in [0.05, 0.1) is 11.6 Å². The van der Waals surface area contributed by atoms with Crippen molar-refractivity contribution in [2.45, 2.75) is 51.0 Å². The lowest BCUT2D eigenvalue weighted by atomic mass is 9.88. The number of likely N-dealkylation sites (tertiary alicyclic amines) is 1. The Bertz CT molecular complexity index is 625. The van der Waals surface area contributed by atoms with Crippen LogP contribution in [0.3, 0.4) is 0 Å². The first-order valence-electron chi connectivity index (χ1n) is 9.01. The quantitative estimate of drug-likeness (QED) is 0.908. The van der Waals surface area contributed by atoms with E-state index in [-0.39, 0.29) is 0 Å². The largest absolute Gasteiger partial charge is 0.367 e. The highest BCUT2D eigenvalue weighted by Gasteiger charge is 2.23. The van der Waals surface area contributed by atoms with Gasteiger partial charge in [0.1, 0.15) is 12.1 Å². The summed E-state index contributed by atoms with van der Waals surface area (Å²) in [5.41, 5.74) is 0.803. The first-order valence-corrected chi connectivity index (χ1v) is 9.01. The van der Waals surface area contributed by atoms with Crippen LogP contribution >= 0.6 is 0 Å². The molecule has 0 radical (unpaired) electrons. The highest BCUT2D eigenvalue weighted by Crippen LogP contribution is 2.26. The average molecular weight is 314 g/mol. The molecule has 2 N–H and O–H groups in total. The number of nitrogens with zero attached hydrogens (tertiary/aromatic N) is 4. The van der Waals surface area contributed by atoms with Gasteiger partial charge in [0.15, 0.2) is 5.65 Å². The first kappa shape index (κ1) is 14.9. The predicted molar refractivity (Wildman–Crippen MR) is 91.3 cm³/mol. The lowest BCUT2D eigenvalue weighted by Gasteiger charge is -2.35. The lowest BCUT2D eigenvalue weighted by molar-refractivity contribution is 0.168. The van der Waals surface area contributed by atoms with Crippen molar-refractivity contribution in [2.24, 2.45) is 5.92 Å². The predicted octanol–water partition coefficient (Wildman–Crippen LogP) is 2.81. The van der Waals surface area contributed by atoms with Crippen molar-refractivity contribution in [1.82, 2.24) is 25.1 Å². The third-order valence-corrected chi connectivity index (χ3v) is 5.42. The molecular weight excluding hydrogens is 288 g/mol. The minimum Gasteiger partial charge on any atom is -0.367 e. The second-order valence-corrected chi connectivity index (χ2v) is 7.08. The number of anilines is 1. The molecule has 0 aromatic carbocycles. The van der Waals surface area contributed by atoms with Gasteiger partial charge in [-0.05, 0) is 31.6 Å². The molecule has 4 rings (SSSR count). The van der Waals surface area contributed by atoms with E-state index in [4.69, 9.17) is 0 Å². The van der Waals surface area contributed by atoms with Gasteiger partial charge in [-0.25, -0.2) is 9.97 Å². The van der Waals surface area contributed by atoms with E-state index < -0.39 is 0 Å². The minimum absolute atomic E-state index is 0.505. The maximum atomic E-state index is 4.39. The second kappa shape index (κ2) is 6.83. The Labute approximate surface area is 137 Å². The standard InChI is InChI=1S/C17H26N6/c1-2-4-13(5-3-1)11-23-8-6-14(7-9-23)21-16-15-10-20-22-17(15)19-12-18-16/h10,12-14H,1-9,11H2,(H2,18,19,20,21,22). The molecule has 1 saturated carbocycles. The Balaban J connectivity index is 1.30. The molecule has 0 spiro atoms. The van der Waals surface area contributed by atoms with Gasteiger partial charge in [-0.2, -0.15) is 5.10 Å². The zero-order chi connectivity index (χ0) is 15.5. The van der Waals surface area contributed by atoms with Crippen molar-refractivity contribution in [1.29, 1.82) is 0 Å².